The van der Waals surface area contributed by atoms with Crippen LogP contribution in [-0.4, -0.2) is 42.0 Å². The van der Waals surface area contributed by atoms with Crippen molar-refractivity contribution >= 4 is 46.6 Å². The van der Waals surface area contributed by atoms with E-state index >= 15 is 0 Å². The maximum Gasteiger partial charge on any atom is 0.307 e. The molecule has 0 atom stereocenters. The summed E-state index contributed by atoms with van der Waals surface area (Å²) in [5, 5.41) is 22.5. The number of nitrogens with zero attached hydrogens (tertiary/aromatic N) is 5. The lowest BCUT2D eigenvalue weighted by atomic mass is 10.1. The molecule has 9 nitrogen and oxygen atoms in total. The minimum Gasteiger partial charge on any atom is -0.493 e. The van der Waals surface area contributed by atoms with Gasteiger partial charge in [-0.3, -0.25) is 4.79 Å². The van der Waals surface area contributed by atoms with E-state index in [2.05, 4.69) is 32.6 Å². The zero-order valence-corrected chi connectivity index (χ0v) is 25.0. The fourth-order valence-electron chi connectivity index (χ4n) is 4.20. The van der Waals surface area contributed by atoms with Gasteiger partial charge in [-0.05, 0) is 47.2 Å². The van der Waals surface area contributed by atoms with Gasteiger partial charge in [-0.15, -0.1) is 10.2 Å². The molecule has 0 saturated carbocycles. The van der Waals surface area contributed by atoms with Crippen molar-refractivity contribution in [2.45, 2.75) is 36.0 Å². The molecule has 0 aliphatic rings. The second kappa shape index (κ2) is 13.8. The van der Waals surface area contributed by atoms with Crippen molar-refractivity contribution in [1.82, 2.24) is 24.3 Å². The monoisotopic (exact) mass is 622 g/mol. The van der Waals surface area contributed by atoms with E-state index in [1.807, 2.05) is 72.3 Å². The van der Waals surface area contributed by atoms with Gasteiger partial charge in [0.15, 0.2) is 16.1 Å². The van der Waals surface area contributed by atoms with Crippen molar-refractivity contribution < 1.29 is 14.6 Å². The lowest BCUT2D eigenvalue weighted by molar-refractivity contribution is -0.136. The van der Waals surface area contributed by atoms with Crippen LogP contribution in [0, 0.1) is 0 Å². The maximum absolute atomic E-state index is 11.0. The molecular weight excluding hydrogens is 595 g/mol. The minimum atomic E-state index is -0.851. The predicted octanol–water partition coefficient (Wildman–Crippen LogP) is 6.38. The summed E-state index contributed by atoms with van der Waals surface area (Å²) in [6, 6.07) is 23.7. The minimum absolute atomic E-state index is 0.00250. The Morgan fingerprint density at radius 2 is 1.81 bits per heavy atom. The summed E-state index contributed by atoms with van der Waals surface area (Å²) in [6.45, 7) is 1.45. The number of carboxylic acids is 1. The summed E-state index contributed by atoms with van der Waals surface area (Å²) in [7, 11) is 1.90. The molecule has 12 heteroatoms. The van der Waals surface area contributed by atoms with Crippen molar-refractivity contribution in [2.24, 2.45) is 7.05 Å². The van der Waals surface area contributed by atoms with Gasteiger partial charge >= 0.3 is 5.97 Å². The molecule has 2 aromatic heterocycles. The number of carbonyl (C=O) groups is 1. The highest BCUT2D eigenvalue weighted by molar-refractivity contribution is 7.99. The van der Waals surface area contributed by atoms with E-state index in [4.69, 9.17) is 33.0 Å². The van der Waals surface area contributed by atoms with Gasteiger partial charge in [0.1, 0.15) is 10.9 Å². The van der Waals surface area contributed by atoms with Crippen molar-refractivity contribution in [3.8, 4) is 5.75 Å². The summed E-state index contributed by atoms with van der Waals surface area (Å²) >= 11 is 13.7. The highest BCUT2D eigenvalue weighted by atomic mass is 35.5. The van der Waals surface area contributed by atoms with Gasteiger partial charge in [-0.1, -0.05) is 71.7 Å². The summed E-state index contributed by atoms with van der Waals surface area (Å²) in [6.07, 6.45) is 2.35. The number of imidazole rings is 1. The number of rotatable bonds is 13. The van der Waals surface area contributed by atoms with E-state index in [1.54, 1.807) is 10.9 Å². The Bertz CT molecular complexity index is 1660. The molecule has 0 bridgehead atoms. The van der Waals surface area contributed by atoms with Crippen LogP contribution in [0.15, 0.2) is 89.2 Å². The molecule has 0 aliphatic heterocycles. The smallest absolute Gasteiger partial charge is 0.307 e. The third-order valence-electron chi connectivity index (χ3n) is 6.50. The summed E-state index contributed by atoms with van der Waals surface area (Å²) < 4.78 is 9.92. The van der Waals surface area contributed by atoms with Crippen LogP contribution in [0.3, 0.4) is 0 Å². The van der Waals surface area contributed by atoms with Crippen LogP contribution in [-0.2, 0) is 37.8 Å². The molecule has 2 N–H and O–H groups in total. The molecule has 0 spiro atoms. The number of benzene rings is 3. The number of nitrogens with one attached hydrogen (secondary N) is 1. The average Bonchev–Trinajstić information content (AvgIpc) is 3.49. The molecular formula is C30H28Cl2N6O3S. The first kappa shape index (κ1) is 29.5. The second-order valence-electron chi connectivity index (χ2n) is 9.49. The molecule has 0 amide bonds. The van der Waals surface area contributed by atoms with Gasteiger partial charge in [-0.2, -0.15) is 0 Å². The molecule has 2 heterocycles. The third kappa shape index (κ3) is 7.64. The van der Waals surface area contributed by atoms with E-state index in [0.29, 0.717) is 30.7 Å². The van der Waals surface area contributed by atoms with Crippen molar-refractivity contribution in [3.63, 3.8) is 0 Å². The van der Waals surface area contributed by atoms with Crippen LogP contribution in [0.2, 0.25) is 10.3 Å². The number of hydrogen-bond donors (Lipinski definition) is 2. The molecule has 0 saturated heterocycles. The number of aromatic nitrogens is 5. The Morgan fingerprint density at radius 3 is 2.52 bits per heavy atom. The van der Waals surface area contributed by atoms with E-state index in [9.17, 15) is 4.79 Å². The van der Waals surface area contributed by atoms with Gasteiger partial charge in [0.25, 0.3) is 0 Å². The van der Waals surface area contributed by atoms with E-state index < -0.39 is 5.97 Å². The molecule has 42 heavy (non-hydrogen) atoms. The summed E-state index contributed by atoms with van der Waals surface area (Å²) in [4.78, 5) is 16.0. The standard InChI is InChI=1S/C30H28Cl2N6O3S/c1-37-26(18-38-19-34-28(31)29(38)32)35-36-30(37)42-24-12-9-22(17-33-23-10-7-21(8-11-23)15-27(39)40)25(16-24)41-14-13-20-5-3-2-4-6-20/h2-12,16,19,33H,13-15,17-18H2,1H3,(H,39,40). The van der Waals surface area contributed by atoms with Crippen LogP contribution in [0.5, 0.6) is 5.75 Å². The molecule has 0 radical (unpaired) electrons. The lowest BCUT2D eigenvalue weighted by Gasteiger charge is -2.15. The molecule has 0 aliphatic carbocycles. The third-order valence-corrected chi connectivity index (χ3v) is 8.30. The Labute approximate surface area is 257 Å². The van der Waals surface area contributed by atoms with Crippen molar-refractivity contribution in [2.75, 3.05) is 11.9 Å². The number of anilines is 1. The normalized spacial score (nSPS) is 11.0. The molecule has 216 valence electrons. The number of ether oxygens (including phenoxy) is 1. The Balaban J connectivity index is 1.30. The Hall–Kier alpha value is -3.99. The van der Waals surface area contributed by atoms with Crippen LogP contribution in [0.4, 0.5) is 5.69 Å². The first-order valence-electron chi connectivity index (χ1n) is 13.1. The molecule has 3 aromatic carbocycles. The van der Waals surface area contributed by atoms with Crippen LogP contribution < -0.4 is 10.1 Å². The van der Waals surface area contributed by atoms with Crippen molar-refractivity contribution in [1.29, 1.82) is 0 Å². The Morgan fingerprint density at radius 1 is 1.02 bits per heavy atom. The topological polar surface area (TPSA) is 107 Å². The van der Waals surface area contributed by atoms with Crippen molar-refractivity contribution in [3.05, 3.63) is 112 Å². The predicted molar refractivity (Wildman–Crippen MR) is 164 cm³/mol. The summed E-state index contributed by atoms with van der Waals surface area (Å²) in [5.41, 5.74) is 3.84. The maximum atomic E-state index is 11.0. The first-order valence-corrected chi connectivity index (χ1v) is 14.7. The fourth-order valence-corrected chi connectivity index (χ4v) is 5.34. The van der Waals surface area contributed by atoms with Gasteiger partial charge < -0.3 is 24.3 Å². The van der Waals surface area contributed by atoms with E-state index in [1.165, 1.54) is 17.3 Å². The first-order chi connectivity index (χ1) is 20.4. The van der Waals surface area contributed by atoms with Crippen LogP contribution in [0.1, 0.15) is 22.5 Å². The van der Waals surface area contributed by atoms with Gasteiger partial charge in [0, 0.05) is 36.2 Å². The van der Waals surface area contributed by atoms with E-state index in [0.717, 1.165) is 39.0 Å². The van der Waals surface area contributed by atoms with Gasteiger partial charge in [0.05, 0.1) is 25.9 Å². The van der Waals surface area contributed by atoms with Gasteiger partial charge in [-0.25, -0.2) is 4.98 Å². The quantitative estimate of drug-likeness (QED) is 0.156. The molecule has 0 unspecified atom stereocenters. The molecule has 5 aromatic rings. The molecule has 5 rings (SSSR count). The van der Waals surface area contributed by atoms with Crippen LogP contribution >= 0.6 is 35.0 Å². The van der Waals surface area contributed by atoms with Gasteiger partial charge in [0.2, 0.25) is 0 Å². The highest BCUT2D eigenvalue weighted by Crippen LogP contribution is 2.32. The molecule has 0 fully saturated rings. The summed E-state index contributed by atoms with van der Waals surface area (Å²) in [5.74, 6) is 0.632. The second-order valence-corrected chi connectivity index (χ2v) is 11.2. The van der Waals surface area contributed by atoms with Crippen LogP contribution in [0.25, 0.3) is 0 Å². The zero-order chi connectivity index (χ0) is 29.5. The number of carboxylic acid groups (broad SMARTS) is 1. The zero-order valence-electron chi connectivity index (χ0n) is 22.7. The fraction of sp³-hybridized carbons (Fsp3) is 0.200. The largest absolute Gasteiger partial charge is 0.493 e. The SMILES string of the molecule is Cn1c(Cn2cnc(Cl)c2Cl)nnc1Sc1ccc(CNc2ccc(CC(=O)O)cc2)c(OCCc2ccccc2)c1. The lowest BCUT2D eigenvalue weighted by Crippen LogP contribution is -2.07. The average molecular weight is 624 g/mol. The Kier molecular flexibility index (Phi) is 9.68. The van der Waals surface area contributed by atoms with E-state index in [-0.39, 0.29) is 11.6 Å². The number of aliphatic carboxylic acids is 1. The highest BCUT2D eigenvalue weighted by Gasteiger charge is 2.15. The number of halogens is 2. The number of hydrogen-bond acceptors (Lipinski definition) is 7.